The first-order valence-electron chi connectivity index (χ1n) is 6.31. The van der Waals surface area contributed by atoms with Gasteiger partial charge in [0.25, 0.3) is 6.47 Å². The van der Waals surface area contributed by atoms with Gasteiger partial charge in [0, 0.05) is 4.47 Å². The standard InChI is InChI=1S/C9H9Br.C6H8.C2H4O2/c10-9-5-3-8(4-6-9)7-1-2-7;1-3-5-6-4-2;1-4-2-3/h3-7H,1-2H2;3-6H,1-2H2;2H,1H3/b;6-5-;. The van der Waals surface area contributed by atoms with Crippen LogP contribution < -0.4 is 0 Å². The summed E-state index contributed by atoms with van der Waals surface area (Å²) in [7, 11) is 1.31. The number of methoxy groups -OCH3 is 1. The molecule has 2 nitrogen and oxygen atoms in total. The average Bonchev–Trinajstić information content (AvgIpc) is 3.31. The Morgan fingerprint density at radius 2 is 1.60 bits per heavy atom. The third kappa shape index (κ3) is 10.3. The van der Waals surface area contributed by atoms with E-state index in [1.165, 1.54) is 30.0 Å². The Hall–Kier alpha value is -1.61. The number of hydrogen-bond acceptors (Lipinski definition) is 2. The van der Waals surface area contributed by atoms with Crippen LogP contribution in [-0.2, 0) is 9.53 Å². The molecule has 0 spiro atoms. The Kier molecular flexibility index (Phi) is 11.4. The number of benzene rings is 1. The zero-order valence-electron chi connectivity index (χ0n) is 11.8. The maximum absolute atomic E-state index is 8.95. The van der Waals surface area contributed by atoms with Gasteiger partial charge in [0.2, 0.25) is 0 Å². The molecule has 1 aromatic rings. The molecule has 0 saturated heterocycles. The Morgan fingerprint density at radius 1 is 1.15 bits per heavy atom. The molecule has 0 N–H and O–H groups in total. The van der Waals surface area contributed by atoms with Gasteiger partial charge in [-0.05, 0) is 36.5 Å². The molecule has 108 valence electrons. The molecule has 0 heterocycles. The highest BCUT2D eigenvalue weighted by atomic mass is 79.9. The maximum atomic E-state index is 8.95. The molecule has 0 unspecified atom stereocenters. The van der Waals surface area contributed by atoms with Gasteiger partial charge < -0.3 is 4.74 Å². The van der Waals surface area contributed by atoms with Gasteiger partial charge in [-0.1, -0.05) is 65.5 Å². The van der Waals surface area contributed by atoms with Gasteiger partial charge in [-0.15, -0.1) is 0 Å². The molecular formula is C17H21BrO2. The lowest BCUT2D eigenvalue weighted by Crippen LogP contribution is -1.75. The first-order valence-corrected chi connectivity index (χ1v) is 7.10. The van der Waals surface area contributed by atoms with E-state index in [1.807, 2.05) is 12.2 Å². The van der Waals surface area contributed by atoms with Crippen molar-refractivity contribution in [1.29, 1.82) is 0 Å². The molecule has 1 aliphatic rings. The van der Waals surface area contributed by atoms with E-state index in [9.17, 15) is 0 Å². The number of carbonyl (C=O) groups is 1. The van der Waals surface area contributed by atoms with E-state index in [4.69, 9.17) is 4.79 Å². The predicted octanol–water partition coefficient (Wildman–Crippen LogP) is 5.03. The molecule has 0 radical (unpaired) electrons. The van der Waals surface area contributed by atoms with Crippen LogP contribution >= 0.6 is 15.9 Å². The smallest absolute Gasteiger partial charge is 0.292 e. The molecule has 0 aromatic heterocycles. The first-order chi connectivity index (χ1) is 9.69. The molecule has 1 aliphatic carbocycles. The third-order valence-electron chi connectivity index (χ3n) is 2.40. The van der Waals surface area contributed by atoms with Crippen LogP contribution in [0.3, 0.4) is 0 Å². The van der Waals surface area contributed by atoms with Crippen LogP contribution in [0.2, 0.25) is 0 Å². The SMILES string of the molecule is Brc1ccc(C2CC2)cc1.C=C/C=C\C=C.COC=O. The predicted molar refractivity (Wildman–Crippen MR) is 88.7 cm³/mol. The van der Waals surface area contributed by atoms with Gasteiger partial charge in [0.1, 0.15) is 0 Å². The van der Waals surface area contributed by atoms with Crippen LogP contribution in [0.5, 0.6) is 0 Å². The third-order valence-corrected chi connectivity index (χ3v) is 2.93. The molecule has 0 amide bonds. The Labute approximate surface area is 130 Å². The minimum Gasteiger partial charge on any atom is -0.471 e. The van der Waals surface area contributed by atoms with E-state index in [1.54, 1.807) is 12.2 Å². The van der Waals surface area contributed by atoms with Crippen molar-refractivity contribution in [2.45, 2.75) is 18.8 Å². The average molecular weight is 337 g/mol. The van der Waals surface area contributed by atoms with Crippen LogP contribution in [0.15, 0.2) is 66.2 Å². The highest BCUT2D eigenvalue weighted by molar-refractivity contribution is 9.10. The lowest BCUT2D eigenvalue weighted by Gasteiger charge is -1.95. The molecule has 0 aliphatic heterocycles. The molecule has 1 fully saturated rings. The van der Waals surface area contributed by atoms with Crippen molar-refractivity contribution in [3.63, 3.8) is 0 Å². The molecule has 0 atom stereocenters. The van der Waals surface area contributed by atoms with Crippen molar-refractivity contribution in [2.75, 3.05) is 7.11 Å². The number of hydrogen-bond donors (Lipinski definition) is 0. The van der Waals surface area contributed by atoms with Crippen LogP contribution in [-0.4, -0.2) is 13.6 Å². The summed E-state index contributed by atoms with van der Waals surface area (Å²) in [5.74, 6) is 0.882. The largest absolute Gasteiger partial charge is 0.471 e. The molecule has 1 saturated carbocycles. The summed E-state index contributed by atoms with van der Waals surface area (Å²) in [4.78, 5) is 8.95. The highest BCUT2D eigenvalue weighted by Crippen LogP contribution is 2.40. The Balaban J connectivity index is 0.000000312. The van der Waals surface area contributed by atoms with E-state index < -0.39 is 0 Å². The van der Waals surface area contributed by atoms with Gasteiger partial charge in [0.05, 0.1) is 7.11 Å². The quantitative estimate of drug-likeness (QED) is 0.569. The monoisotopic (exact) mass is 336 g/mol. The zero-order valence-corrected chi connectivity index (χ0v) is 13.4. The van der Waals surface area contributed by atoms with Crippen molar-refractivity contribution in [2.24, 2.45) is 0 Å². The Morgan fingerprint density at radius 3 is 1.90 bits per heavy atom. The van der Waals surface area contributed by atoms with Crippen molar-refractivity contribution < 1.29 is 9.53 Å². The summed E-state index contributed by atoms with van der Waals surface area (Å²) in [6.45, 7) is 7.30. The Bertz CT molecular complexity index is 407. The van der Waals surface area contributed by atoms with Crippen LogP contribution in [0.1, 0.15) is 24.3 Å². The second kappa shape index (κ2) is 12.4. The number of allylic oxidation sites excluding steroid dienone is 4. The molecule has 2 rings (SSSR count). The second-order valence-corrected chi connectivity index (χ2v) is 4.93. The fourth-order valence-corrected chi connectivity index (χ4v) is 1.57. The molecule has 1 aromatic carbocycles. The van der Waals surface area contributed by atoms with E-state index in [-0.39, 0.29) is 0 Å². The fourth-order valence-electron chi connectivity index (χ4n) is 1.31. The highest BCUT2D eigenvalue weighted by Gasteiger charge is 2.22. The topological polar surface area (TPSA) is 26.3 Å². The number of ether oxygens (including phenoxy) is 1. The van der Waals surface area contributed by atoms with Gasteiger partial charge in [-0.3, -0.25) is 4.79 Å². The van der Waals surface area contributed by atoms with Crippen molar-refractivity contribution in [1.82, 2.24) is 0 Å². The van der Waals surface area contributed by atoms with E-state index in [2.05, 4.69) is 58.1 Å². The van der Waals surface area contributed by atoms with E-state index >= 15 is 0 Å². The number of rotatable bonds is 4. The minimum absolute atomic E-state index is 0.375. The summed E-state index contributed by atoms with van der Waals surface area (Å²) in [6, 6.07) is 8.66. The summed E-state index contributed by atoms with van der Waals surface area (Å²) in [5, 5.41) is 0. The van der Waals surface area contributed by atoms with E-state index in [0.717, 1.165) is 5.92 Å². The lowest BCUT2D eigenvalue weighted by atomic mass is 10.1. The molecule has 0 bridgehead atoms. The lowest BCUT2D eigenvalue weighted by molar-refractivity contribution is -0.126. The summed E-state index contributed by atoms with van der Waals surface area (Å²) in [6.07, 6.45) is 9.85. The van der Waals surface area contributed by atoms with Gasteiger partial charge >= 0.3 is 0 Å². The molecule has 20 heavy (non-hydrogen) atoms. The van der Waals surface area contributed by atoms with Crippen molar-refractivity contribution >= 4 is 22.4 Å². The zero-order chi connectivity index (χ0) is 15.2. The maximum Gasteiger partial charge on any atom is 0.292 e. The molecular weight excluding hydrogens is 316 g/mol. The van der Waals surface area contributed by atoms with Gasteiger partial charge in [0.15, 0.2) is 0 Å². The fraction of sp³-hybridized carbons (Fsp3) is 0.235. The van der Waals surface area contributed by atoms with Crippen LogP contribution in [0.4, 0.5) is 0 Å². The summed E-state index contributed by atoms with van der Waals surface area (Å²) in [5.41, 5.74) is 1.50. The molecule has 3 heteroatoms. The summed E-state index contributed by atoms with van der Waals surface area (Å²) < 4.78 is 5.04. The first kappa shape index (κ1) is 18.4. The van der Waals surface area contributed by atoms with Crippen molar-refractivity contribution in [3.8, 4) is 0 Å². The minimum atomic E-state index is 0.375. The summed E-state index contributed by atoms with van der Waals surface area (Å²) >= 11 is 3.41. The van der Waals surface area contributed by atoms with Crippen LogP contribution in [0.25, 0.3) is 0 Å². The van der Waals surface area contributed by atoms with Gasteiger partial charge in [-0.2, -0.15) is 0 Å². The second-order valence-electron chi connectivity index (χ2n) is 4.01. The van der Waals surface area contributed by atoms with E-state index in [0.29, 0.717) is 6.47 Å². The van der Waals surface area contributed by atoms with Crippen LogP contribution in [0, 0.1) is 0 Å². The normalized spacial score (nSPS) is 12.3. The number of halogens is 1. The van der Waals surface area contributed by atoms with Gasteiger partial charge in [-0.25, -0.2) is 0 Å². The van der Waals surface area contributed by atoms with Crippen molar-refractivity contribution in [3.05, 3.63) is 71.8 Å². The number of carbonyl (C=O) groups excluding carboxylic acids is 1.